The number of carbonyl (C=O) groups excluding carboxylic acids is 1. The molecule has 3 aromatic rings. The number of nitrogens with two attached hydrogens (primary N) is 2. The van der Waals surface area contributed by atoms with E-state index in [0.717, 1.165) is 57.1 Å². The first-order chi connectivity index (χ1) is 21.7. The van der Waals surface area contributed by atoms with Crippen molar-refractivity contribution in [1.29, 1.82) is 0 Å². The van der Waals surface area contributed by atoms with Crippen LogP contribution in [-0.2, 0) is 0 Å². The van der Waals surface area contributed by atoms with E-state index in [9.17, 15) is 4.79 Å². The van der Waals surface area contributed by atoms with E-state index in [1.54, 1.807) is 30.2 Å². The standard InChI is InChI=1S/C35H48N8O2/c1-26-11-13-29(14-12-26)30(24-40(4)35(44)32-23-31(43(37)25-38-36)15-16-34(32)45-5)17-20-41-18-8-19-42(22-21-41)28(3)39-33-10-7-6-9-27(33)2/h6-7,9-16,23,25,30H,8,17-22,24,36-37H2,1-5H3/b38-25-,39-28?. The van der Waals surface area contributed by atoms with Crippen LogP contribution in [0.2, 0.25) is 0 Å². The van der Waals surface area contributed by atoms with Crippen LogP contribution in [0.1, 0.15) is 52.7 Å². The molecular weight excluding hydrogens is 564 g/mol. The molecule has 1 saturated heterocycles. The minimum absolute atomic E-state index is 0.141. The van der Waals surface area contributed by atoms with Crippen molar-refractivity contribution in [1.82, 2.24) is 14.7 Å². The maximum atomic E-state index is 13.8. The zero-order chi connectivity index (χ0) is 32.3. The van der Waals surface area contributed by atoms with Crippen molar-refractivity contribution in [2.24, 2.45) is 21.8 Å². The summed E-state index contributed by atoms with van der Waals surface area (Å²) in [4.78, 5) is 25.4. The van der Waals surface area contributed by atoms with E-state index in [-0.39, 0.29) is 11.8 Å². The fraction of sp³-hybridized carbons (Fsp3) is 0.400. The summed E-state index contributed by atoms with van der Waals surface area (Å²) in [5, 5.41) is 4.75. The quantitative estimate of drug-likeness (QED) is 0.137. The predicted molar refractivity (Wildman–Crippen MR) is 184 cm³/mol. The Balaban J connectivity index is 1.45. The molecule has 1 amide bonds. The average Bonchev–Trinajstić information content (AvgIpc) is 3.30. The Morgan fingerprint density at radius 1 is 1.04 bits per heavy atom. The molecule has 4 rings (SSSR count). The summed E-state index contributed by atoms with van der Waals surface area (Å²) >= 11 is 0. The first-order valence-electron chi connectivity index (χ1n) is 15.6. The van der Waals surface area contributed by atoms with Crippen molar-refractivity contribution in [3.8, 4) is 5.75 Å². The lowest BCUT2D eigenvalue weighted by atomic mass is 9.93. The third kappa shape index (κ3) is 9.06. The minimum Gasteiger partial charge on any atom is -0.496 e. The zero-order valence-electron chi connectivity index (χ0n) is 27.3. The lowest BCUT2D eigenvalue weighted by Crippen LogP contribution is -2.36. The molecule has 0 aromatic heterocycles. The molecule has 10 nitrogen and oxygen atoms in total. The third-order valence-corrected chi connectivity index (χ3v) is 8.53. The molecule has 45 heavy (non-hydrogen) atoms. The highest BCUT2D eigenvalue weighted by Crippen LogP contribution is 2.28. The topological polar surface area (TPSA) is 116 Å². The monoisotopic (exact) mass is 612 g/mol. The Labute approximate surface area is 267 Å². The van der Waals surface area contributed by atoms with Crippen LogP contribution >= 0.6 is 0 Å². The van der Waals surface area contributed by atoms with Crippen molar-refractivity contribution >= 4 is 29.5 Å². The molecular formula is C35H48N8O2. The van der Waals surface area contributed by atoms with Gasteiger partial charge >= 0.3 is 0 Å². The van der Waals surface area contributed by atoms with Crippen LogP contribution in [-0.4, -0.2) is 86.2 Å². The number of nitrogens with zero attached hydrogens (tertiary/aromatic N) is 6. The highest BCUT2D eigenvalue weighted by atomic mass is 16.5. The normalized spacial score (nSPS) is 15.2. The van der Waals surface area contributed by atoms with E-state index in [4.69, 9.17) is 21.4 Å². The van der Waals surface area contributed by atoms with Gasteiger partial charge in [0.2, 0.25) is 0 Å². The van der Waals surface area contributed by atoms with Gasteiger partial charge in [-0.2, -0.15) is 5.10 Å². The Bertz CT molecular complexity index is 1470. The third-order valence-electron chi connectivity index (χ3n) is 8.53. The first-order valence-corrected chi connectivity index (χ1v) is 15.6. The van der Waals surface area contributed by atoms with Crippen LogP contribution in [0.15, 0.2) is 76.8 Å². The number of para-hydroxylation sites is 1. The van der Waals surface area contributed by atoms with Gasteiger partial charge in [-0.15, -0.1) is 0 Å². The second kappa shape index (κ2) is 16.1. The second-order valence-corrected chi connectivity index (χ2v) is 11.8. The van der Waals surface area contributed by atoms with E-state index >= 15 is 0 Å². The van der Waals surface area contributed by atoms with Crippen LogP contribution < -0.4 is 21.4 Å². The molecule has 4 N–H and O–H groups in total. The molecule has 1 atom stereocenters. The zero-order valence-corrected chi connectivity index (χ0v) is 27.3. The van der Waals surface area contributed by atoms with E-state index in [1.165, 1.54) is 28.0 Å². The van der Waals surface area contributed by atoms with Gasteiger partial charge in [-0.1, -0.05) is 48.0 Å². The van der Waals surface area contributed by atoms with Crippen molar-refractivity contribution in [3.63, 3.8) is 0 Å². The molecule has 1 heterocycles. The second-order valence-electron chi connectivity index (χ2n) is 11.8. The molecule has 1 fully saturated rings. The Morgan fingerprint density at radius 2 is 1.80 bits per heavy atom. The number of rotatable bonds is 11. The smallest absolute Gasteiger partial charge is 0.257 e. The summed E-state index contributed by atoms with van der Waals surface area (Å²) in [7, 11) is 3.40. The number of hydrazine groups is 1. The van der Waals surface area contributed by atoms with Crippen molar-refractivity contribution in [3.05, 3.63) is 89.0 Å². The van der Waals surface area contributed by atoms with E-state index in [0.29, 0.717) is 23.5 Å². The maximum Gasteiger partial charge on any atom is 0.257 e. The molecule has 0 aliphatic carbocycles. The van der Waals surface area contributed by atoms with Gasteiger partial charge in [-0.3, -0.25) is 9.80 Å². The van der Waals surface area contributed by atoms with Gasteiger partial charge in [-0.25, -0.2) is 10.8 Å². The van der Waals surface area contributed by atoms with Gasteiger partial charge in [0.15, 0.2) is 0 Å². The van der Waals surface area contributed by atoms with Crippen molar-refractivity contribution in [2.45, 2.75) is 39.5 Å². The number of hydrogen-bond acceptors (Lipinski definition) is 7. The average molecular weight is 613 g/mol. The summed E-state index contributed by atoms with van der Waals surface area (Å²) in [6, 6.07) is 22.1. The molecule has 0 saturated carbocycles. The molecule has 3 aromatic carbocycles. The molecule has 0 radical (unpaired) electrons. The summed E-state index contributed by atoms with van der Waals surface area (Å²) in [5.74, 6) is 12.9. The Morgan fingerprint density at radius 3 is 2.51 bits per heavy atom. The number of ether oxygens (including phenoxy) is 1. The largest absolute Gasteiger partial charge is 0.496 e. The number of likely N-dealkylation sites (N-methyl/N-ethyl adjacent to an activating group) is 1. The molecule has 0 bridgehead atoms. The molecule has 0 spiro atoms. The van der Waals surface area contributed by atoms with Gasteiger partial charge < -0.3 is 25.3 Å². The number of carbonyl (C=O) groups is 1. The van der Waals surface area contributed by atoms with Crippen molar-refractivity contribution < 1.29 is 9.53 Å². The maximum absolute atomic E-state index is 13.8. The van der Waals surface area contributed by atoms with E-state index in [1.807, 2.05) is 19.2 Å². The number of aryl methyl sites for hydroxylation is 2. The lowest BCUT2D eigenvalue weighted by Gasteiger charge is -2.28. The number of aliphatic imine (C=N–C) groups is 1. The molecule has 1 aliphatic rings. The number of amidine groups is 1. The number of methoxy groups -OCH3 is 1. The number of anilines is 1. The lowest BCUT2D eigenvalue weighted by molar-refractivity contribution is 0.0779. The molecule has 240 valence electrons. The fourth-order valence-electron chi connectivity index (χ4n) is 5.77. The highest BCUT2D eigenvalue weighted by Gasteiger charge is 2.24. The molecule has 1 aliphatic heterocycles. The number of benzene rings is 3. The van der Waals surface area contributed by atoms with Crippen LogP contribution in [0.3, 0.4) is 0 Å². The molecule has 1 unspecified atom stereocenters. The summed E-state index contributed by atoms with van der Waals surface area (Å²) in [6.45, 7) is 11.8. The predicted octanol–water partition coefficient (Wildman–Crippen LogP) is 4.90. The van der Waals surface area contributed by atoms with Crippen LogP contribution in [0.25, 0.3) is 0 Å². The Kier molecular flexibility index (Phi) is 11.9. The highest BCUT2D eigenvalue weighted by molar-refractivity contribution is 5.98. The minimum atomic E-state index is -0.141. The first kappa shape index (κ1) is 33.5. The van der Waals surface area contributed by atoms with Crippen LogP contribution in [0.4, 0.5) is 11.4 Å². The van der Waals surface area contributed by atoms with Crippen molar-refractivity contribution in [2.75, 3.05) is 58.4 Å². The van der Waals surface area contributed by atoms with E-state index in [2.05, 4.69) is 72.1 Å². The SMILES string of the molecule is COc1ccc(N(N)/C=N\N)cc1C(=O)N(C)CC(CCN1CCCN(C(C)=Nc2ccccc2C)CC1)c1ccc(C)cc1. The fourth-order valence-corrected chi connectivity index (χ4v) is 5.77. The summed E-state index contributed by atoms with van der Waals surface area (Å²) in [5.41, 5.74) is 5.66. The Hall–Kier alpha value is -4.41. The van der Waals surface area contributed by atoms with E-state index < -0.39 is 0 Å². The number of amides is 1. The number of hydrazone groups is 1. The molecule has 10 heteroatoms. The van der Waals surface area contributed by atoms with Gasteiger partial charge in [0.1, 0.15) is 17.9 Å². The van der Waals surface area contributed by atoms with Gasteiger partial charge in [0.05, 0.1) is 24.0 Å². The van der Waals surface area contributed by atoms with Gasteiger partial charge in [0.25, 0.3) is 5.91 Å². The van der Waals surface area contributed by atoms with Crippen LogP contribution in [0, 0.1) is 13.8 Å². The number of hydrogen-bond donors (Lipinski definition) is 2. The summed E-state index contributed by atoms with van der Waals surface area (Å²) < 4.78 is 5.53. The van der Waals surface area contributed by atoms with Crippen LogP contribution in [0.5, 0.6) is 5.75 Å². The van der Waals surface area contributed by atoms with Gasteiger partial charge in [0, 0.05) is 39.1 Å². The summed E-state index contributed by atoms with van der Waals surface area (Å²) in [6.07, 6.45) is 3.29. The van der Waals surface area contributed by atoms with Gasteiger partial charge in [-0.05, 0) is 82.1 Å².